The molecule has 0 aromatic heterocycles. The van der Waals surface area contributed by atoms with E-state index in [2.05, 4.69) is 32.1 Å². The molecule has 4 rings (SSSR count). The van der Waals surface area contributed by atoms with E-state index in [4.69, 9.17) is 0 Å². The Morgan fingerprint density at radius 2 is 1.95 bits per heavy atom. The highest BCUT2D eigenvalue weighted by Gasteiger charge is 2.57. The summed E-state index contributed by atoms with van der Waals surface area (Å²) in [7, 11) is 0. The van der Waals surface area contributed by atoms with Gasteiger partial charge in [0.05, 0.1) is 6.10 Å². The molecule has 1 heteroatoms. The first-order chi connectivity index (χ1) is 9.56. The molecular formula is C19H28O. The summed E-state index contributed by atoms with van der Waals surface area (Å²) < 4.78 is 0. The van der Waals surface area contributed by atoms with Crippen LogP contribution in [-0.2, 0) is 0 Å². The Hall–Kier alpha value is -0.560. The zero-order valence-corrected chi connectivity index (χ0v) is 12.9. The SMILES string of the molecule is C[C@]12C=CCC=C1CC[C@@H]1[C@@H]2CC[C@]2(C)C(O)CC[C@@H]12. The molecule has 0 aliphatic heterocycles. The van der Waals surface area contributed by atoms with E-state index in [0.29, 0.717) is 5.41 Å². The molecule has 20 heavy (non-hydrogen) atoms. The van der Waals surface area contributed by atoms with Crippen LogP contribution in [0, 0.1) is 28.6 Å². The average molecular weight is 272 g/mol. The maximum Gasteiger partial charge on any atom is 0.0596 e. The topological polar surface area (TPSA) is 20.2 Å². The van der Waals surface area contributed by atoms with E-state index in [1.165, 1.54) is 32.1 Å². The van der Waals surface area contributed by atoms with Crippen LogP contribution in [-0.4, -0.2) is 11.2 Å². The second-order valence-electron chi connectivity index (χ2n) is 8.20. The third-order valence-electron chi connectivity index (χ3n) is 7.56. The van der Waals surface area contributed by atoms with Crippen LogP contribution >= 0.6 is 0 Å². The number of allylic oxidation sites excluding steroid dienone is 4. The van der Waals surface area contributed by atoms with Crippen molar-refractivity contribution < 1.29 is 5.11 Å². The zero-order valence-electron chi connectivity index (χ0n) is 12.9. The van der Waals surface area contributed by atoms with Crippen molar-refractivity contribution in [2.75, 3.05) is 0 Å². The highest BCUT2D eigenvalue weighted by molar-refractivity contribution is 5.31. The minimum absolute atomic E-state index is 0.0416. The van der Waals surface area contributed by atoms with E-state index in [0.717, 1.165) is 30.6 Å². The van der Waals surface area contributed by atoms with Gasteiger partial charge in [-0.2, -0.15) is 0 Å². The Bertz CT molecular complexity index is 476. The summed E-state index contributed by atoms with van der Waals surface area (Å²) in [5.74, 6) is 2.43. The Morgan fingerprint density at radius 3 is 2.80 bits per heavy atom. The fourth-order valence-corrected chi connectivity index (χ4v) is 6.31. The van der Waals surface area contributed by atoms with Crippen molar-refractivity contribution in [3.63, 3.8) is 0 Å². The molecule has 3 fully saturated rings. The molecule has 0 amide bonds. The van der Waals surface area contributed by atoms with Crippen molar-refractivity contribution in [3.05, 3.63) is 23.8 Å². The van der Waals surface area contributed by atoms with Crippen molar-refractivity contribution in [2.45, 2.75) is 64.9 Å². The standard InChI is InChI=1S/C19H28O/c1-18-11-4-3-5-13(18)6-7-14-15-8-9-17(20)19(15,2)12-10-16(14)18/h4-5,11,14-17,20H,3,6-10,12H2,1-2H3/t14-,15-,16-,17?,18-,19-/m0/s1. The van der Waals surface area contributed by atoms with Crippen molar-refractivity contribution in [2.24, 2.45) is 28.6 Å². The highest BCUT2D eigenvalue weighted by atomic mass is 16.3. The fraction of sp³-hybridized carbons (Fsp3) is 0.789. The van der Waals surface area contributed by atoms with Gasteiger partial charge in [0.2, 0.25) is 0 Å². The first kappa shape index (κ1) is 13.1. The number of aliphatic hydroxyl groups is 1. The zero-order chi connectivity index (χ0) is 14.0. The summed E-state index contributed by atoms with van der Waals surface area (Å²) in [6.07, 6.45) is 16.0. The second-order valence-corrected chi connectivity index (χ2v) is 8.20. The van der Waals surface area contributed by atoms with Crippen molar-refractivity contribution in [3.8, 4) is 0 Å². The molecule has 1 N–H and O–H groups in total. The molecule has 1 nitrogen and oxygen atoms in total. The van der Waals surface area contributed by atoms with Crippen molar-refractivity contribution >= 4 is 0 Å². The first-order valence-corrected chi connectivity index (χ1v) is 8.61. The van der Waals surface area contributed by atoms with E-state index in [9.17, 15) is 5.11 Å². The van der Waals surface area contributed by atoms with Gasteiger partial charge in [-0.05, 0) is 68.1 Å². The lowest BCUT2D eigenvalue weighted by Gasteiger charge is -2.56. The summed E-state index contributed by atoms with van der Waals surface area (Å²) in [6, 6.07) is 0. The fourth-order valence-electron chi connectivity index (χ4n) is 6.31. The minimum atomic E-state index is -0.0416. The molecule has 0 saturated heterocycles. The molecule has 6 atom stereocenters. The molecule has 3 saturated carbocycles. The normalized spacial score (nSPS) is 53.9. The maximum absolute atomic E-state index is 10.4. The van der Waals surface area contributed by atoms with Crippen LogP contribution in [0.5, 0.6) is 0 Å². The van der Waals surface area contributed by atoms with E-state index in [1.54, 1.807) is 5.57 Å². The second kappa shape index (κ2) is 4.22. The van der Waals surface area contributed by atoms with Crippen LogP contribution in [0.15, 0.2) is 23.8 Å². The minimum Gasteiger partial charge on any atom is -0.393 e. The van der Waals surface area contributed by atoms with Crippen LogP contribution in [0.3, 0.4) is 0 Å². The van der Waals surface area contributed by atoms with Crippen LogP contribution < -0.4 is 0 Å². The Balaban J connectivity index is 1.70. The molecule has 4 aliphatic carbocycles. The first-order valence-electron chi connectivity index (χ1n) is 8.61. The van der Waals surface area contributed by atoms with Gasteiger partial charge in [-0.3, -0.25) is 0 Å². The number of hydrogen-bond donors (Lipinski definition) is 1. The van der Waals surface area contributed by atoms with Gasteiger partial charge in [-0.25, -0.2) is 0 Å². The molecule has 110 valence electrons. The molecule has 1 unspecified atom stereocenters. The maximum atomic E-state index is 10.4. The summed E-state index contributed by atoms with van der Waals surface area (Å²) in [4.78, 5) is 0. The summed E-state index contributed by atoms with van der Waals surface area (Å²) >= 11 is 0. The Morgan fingerprint density at radius 1 is 1.10 bits per heavy atom. The van der Waals surface area contributed by atoms with E-state index >= 15 is 0 Å². The van der Waals surface area contributed by atoms with Crippen LogP contribution in [0.2, 0.25) is 0 Å². The molecule has 0 radical (unpaired) electrons. The predicted molar refractivity (Wildman–Crippen MR) is 82.2 cm³/mol. The lowest BCUT2D eigenvalue weighted by atomic mass is 9.48. The average Bonchev–Trinajstić information content (AvgIpc) is 2.74. The monoisotopic (exact) mass is 272 g/mol. The number of fused-ring (bicyclic) bond motifs is 5. The van der Waals surface area contributed by atoms with Gasteiger partial charge in [0.1, 0.15) is 0 Å². The summed E-state index contributed by atoms with van der Waals surface area (Å²) in [5, 5.41) is 10.4. The van der Waals surface area contributed by atoms with Crippen LogP contribution in [0.25, 0.3) is 0 Å². The van der Waals surface area contributed by atoms with Gasteiger partial charge in [0, 0.05) is 5.41 Å². The van der Waals surface area contributed by atoms with E-state index in [-0.39, 0.29) is 11.5 Å². The molecule has 0 spiro atoms. The van der Waals surface area contributed by atoms with Gasteiger partial charge in [0.25, 0.3) is 0 Å². The quantitative estimate of drug-likeness (QED) is 0.645. The summed E-state index contributed by atoms with van der Waals surface area (Å²) in [5.41, 5.74) is 2.26. The third kappa shape index (κ3) is 1.53. The highest BCUT2D eigenvalue weighted by Crippen LogP contribution is 2.64. The smallest absolute Gasteiger partial charge is 0.0596 e. The number of rotatable bonds is 0. The number of aliphatic hydroxyl groups excluding tert-OH is 1. The Kier molecular flexibility index (Phi) is 2.77. The van der Waals surface area contributed by atoms with E-state index in [1.807, 2.05) is 0 Å². The van der Waals surface area contributed by atoms with Gasteiger partial charge in [0.15, 0.2) is 0 Å². The molecule has 0 bridgehead atoms. The molecule has 0 aromatic carbocycles. The van der Waals surface area contributed by atoms with Crippen LogP contribution in [0.1, 0.15) is 58.8 Å². The largest absolute Gasteiger partial charge is 0.393 e. The van der Waals surface area contributed by atoms with Crippen LogP contribution in [0.4, 0.5) is 0 Å². The molecular weight excluding hydrogens is 244 g/mol. The van der Waals surface area contributed by atoms with Gasteiger partial charge in [-0.1, -0.05) is 37.6 Å². The predicted octanol–water partition coefficient (Wildman–Crippen LogP) is 4.48. The van der Waals surface area contributed by atoms with Gasteiger partial charge < -0.3 is 5.11 Å². The number of hydrogen-bond acceptors (Lipinski definition) is 1. The third-order valence-corrected chi connectivity index (χ3v) is 7.56. The van der Waals surface area contributed by atoms with Crippen molar-refractivity contribution in [1.82, 2.24) is 0 Å². The lowest BCUT2D eigenvalue weighted by Crippen LogP contribution is -2.50. The van der Waals surface area contributed by atoms with Crippen molar-refractivity contribution in [1.29, 1.82) is 0 Å². The summed E-state index contributed by atoms with van der Waals surface area (Å²) in [6.45, 7) is 4.86. The van der Waals surface area contributed by atoms with Gasteiger partial charge >= 0.3 is 0 Å². The molecule has 4 aliphatic rings. The van der Waals surface area contributed by atoms with E-state index < -0.39 is 0 Å². The lowest BCUT2D eigenvalue weighted by molar-refractivity contribution is -0.0616. The van der Waals surface area contributed by atoms with Gasteiger partial charge in [-0.15, -0.1) is 0 Å². The molecule has 0 heterocycles. The Labute approximate surface area is 123 Å². The molecule has 0 aromatic rings.